The molecule has 0 amide bonds. The normalized spacial score (nSPS) is 14.4. The molecule has 0 bridgehead atoms. The Morgan fingerprint density at radius 2 is 1.63 bits per heavy atom. The van der Waals surface area contributed by atoms with Crippen molar-refractivity contribution >= 4 is 17.7 Å². The van der Waals surface area contributed by atoms with E-state index in [0.717, 1.165) is 12.8 Å². The molecule has 0 aliphatic heterocycles. The second-order valence-corrected chi connectivity index (χ2v) is 6.95. The molecule has 1 N–H and O–H groups in total. The van der Waals surface area contributed by atoms with Gasteiger partial charge in [-0.3, -0.25) is 4.79 Å². The number of aliphatic carboxylic acids is 1. The highest BCUT2D eigenvalue weighted by atomic mass is 32.2. The molecule has 1 unspecified atom stereocenters. The van der Waals surface area contributed by atoms with Crippen LogP contribution >= 0.6 is 11.8 Å². The third-order valence-corrected chi connectivity index (χ3v) is 4.42. The van der Waals surface area contributed by atoms with Gasteiger partial charge in [0.25, 0.3) is 0 Å². The zero-order valence-corrected chi connectivity index (χ0v) is 12.5. The van der Waals surface area contributed by atoms with Crippen LogP contribution in [0.5, 0.6) is 0 Å². The van der Waals surface area contributed by atoms with Crippen LogP contribution in [0.2, 0.25) is 0 Å². The summed E-state index contributed by atoms with van der Waals surface area (Å²) >= 11 is 1.38. The summed E-state index contributed by atoms with van der Waals surface area (Å²) in [5.41, 5.74) is -0.313. The zero-order chi connectivity index (χ0) is 15.1. The second kappa shape index (κ2) is 8.02. The highest BCUT2D eigenvalue weighted by Crippen LogP contribution is 2.31. The first kappa shape index (κ1) is 18.6. The maximum absolute atomic E-state index is 11.9. The number of hydrogen-bond donors (Lipinski definition) is 1. The van der Waals surface area contributed by atoms with Crippen molar-refractivity contribution in [1.29, 1.82) is 0 Å². The molecule has 6 heteroatoms. The van der Waals surface area contributed by atoms with E-state index in [9.17, 15) is 18.0 Å². The zero-order valence-electron chi connectivity index (χ0n) is 11.7. The number of halogens is 3. The Bertz CT molecular complexity index is 272. The maximum atomic E-state index is 11.9. The minimum absolute atomic E-state index is 0.162. The lowest BCUT2D eigenvalue weighted by atomic mass is 9.92. The molecule has 0 saturated carbocycles. The average molecular weight is 300 g/mol. The van der Waals surface area contributed by atoms with Crippen LogP contribution in [0.15, 0.2) is 0 Å². The van der Waals surface area contributed by atoms with E-state index in [2.05, 4.69) is 0 Å². The van der Waals surface area contributed by atoms with Gasteiger partial charge in [0.2, 0.25) is 0 Å². The fourth-order valence-corrected chi connectivity index (χ4v) is 2.92. The lowest BCUT2D eigenvalue weighted by molar-refractivity contribution is -0.138. The minimum Gasteiger partial charge on any atom is -0.480 e. The van der Waals surface area contributed by atoms with E-state index in [-0.39, 0.29) is 11.8 Å². The first-order valence-electron chi connectivity index (χ1n) is 6.45. The highest BCUT2D eigenvalue weighted by molar-refractivity contribution is 8.00. The molecule has 0 heterocycles. The molecule has 0 fully saturated rings. The number of carboxylic acid groups (broad SMARTS) is 1. The number of thioether (sulfide) groups is 1. The molecule has 0 rings (SSSR count). The molecule has 2 nitrogen and oxygen atoms in total. The summed E-state index contributed by atoms with van der Waals surface area (Å²) < 4.78 is 35.7. The first-order chi connectivity index (χ1) is 8.54. The van der Waals surface area contributed by atoms with Gasteiger partial charge in [0.05, 0.1) is 0 Å². The van der Waals surface area contributed by atoms with Crippen molar-refractivity contribution in [3.05, 3.63) is 0 Å². The monoisotopic (exact) mass is 300 g/mol. The average Bonchev–Trinajstić information content (AvgIpc) is 2.17. The molecule has 0 aromatic heterocycles. The molecular weight excluding hydrogens is 277 g/mol. The van der Waals surface area contributed by atoms with E-state index in [4.69, 9.17) is 5.11 Å². The maximum Gasteiger partial charge on any atom is 0.389 e. The Morgan fingerprint density at radius 1 is 1.11 bits per heavy atom. The van der Waals surface area contributed by atoms with Gasteiger partial charge < -0.3 is 5.11 Å². The lowest BCUT2D eigenvalue weighted by Crippen LogP contribution is -2.31. The number of carboxylic acids is 1. The van der Waals surface area contributed by atoms with Crippen molar-refractivity contribution in [2.24, 2.45) is 5.41 Å². The van der Waals surface area contributed by atoms with Crippen LogP contribution in [0.25, 0.3) is 0 Å². The van der Waals surface area contributed by atoms with E-state index in [1.165, 1.54) is 11.8 Å². The number of unbranched alkanes of at least 4 members (excludes halogenated alkanes) is 3. The van der Waals surface area contributed by atoms with Gasteiger partial charge >= 0.3 is 12.1 Å². The van der Waals surface area contributed by atoms with Crippen LogP contribution in [-0.4, -0.2) is 28.3 Å². The fraction of sp³-hybridized carbons (Fsp3) is 0.923. The molecule has 0 saturated heterocycles. The van der Waals surface area contributed by atoms with Gasteiger partial charge in [0, 0.05) is 6.42 Å². The van der Waals surface area contributed by atoms with Crippen LogP contribution in [0.3, 0.4) is 0 Å². The van der Waals surface area contributed by atoms with E-state index < -0.39 is 23.8 Å². The van der Waals surface area contributed by atoms with Gasteiger partial charge in [-0.05, 0) is 24.0 Å². The molecule has 0 spiro atoms. The van der Waals surface area contributed by atoms with Crippen LogP contribution in [-0.2, 0) is 4.79 Å². The third kappa shape index (κ3) is 10.1. The van der Waals surface area contributed by atoms with Crippen LogP contribution in [0.4, 0.5) is 13.2 Å². The lowest BCUT2D eigenvalue weighted by Gasteiger charge is -2.26. The largest absolute Gasteiger partial charge is 0.480 e. The SMILES string of the molecule is CC(C)(C)C(SCCCCCCC(F)(F)F)C(=O)O. The fourth-order valence-electron chi connectivity index (χ4n) is 1.67. The van der Waals surface area contributed by atoms with Crippen molar-refractivity contribution < 1.29 is 23.1 Å². The van der Waals surface area contributed by atoms with Crippen molar-refractivity contribution in [1.82, 2.24) is 0 Å². The van der Waals surface area contributed by atoms with E-state index >= 15 is 0 Å². The Balaban J connectivity index is 3.71. The number of hydrogen-bond acceptors (Lipinski definition) is 2. The topological polar surface area (TPSA) is 37.3 Å². The standard InChI is InChI=1S/C13H23F3O2S/c1-12(2,3)10(11(17)18)19-9-7-5-4-6-8-13(14,15)16/h10H,4-9H2,1-3H3,(H,17,18). The Hall–Kier alpha value is -0.390. The van der Waals surface area contributed by atoms with Crippen LogP contribution < -0.4 is 0 Å². The van der Waals surface area contributed by atoms with Gasteiger partial charge in [-0.25, -0.2) is 0 Å². The summed E-state index contributed by atoms with van der Waals surface area (Å²) in [6.45, 7) is 5.63. The van der Waals surface area contributed by atoms with Gasteiger partial charge in [-0.2, -0.15) is 13.2 Å². The Morgan fingerprint density at radius 3 is 2.05 bits per heavy atom. The van der Waals surface area contributed by atoms with E-state index in [0.29, 0.717) is 12.2 Å². The smallest absolute Gasteiger partial charge is 0.389 e. The Labute approximate surface area is 117 Å². The predicted octanol–water partition coefficient (Wildman–Crippen LogP) is 4.73. The summed E-state index contributed by atoms with van der Waals surface area (Å²) in [7, 11) is 0. The molecule has 114 valence electrons. The highest BCUT2D eigenvalue weighted by Gasteiger charge is 2.31. The summed E-state index contributed by atoms with van der Waals surface area (Å²) in [5, 5.41) is 8.62. The molecule has 0 aliphatic rings. The van der Waals surface area contributed by atoms with Gasteiger partial charge in [0.15, 0.2) is 0 Å². The third-order valence-electron chi connectivity index (χ3n) is 2.65. The quantitative estimate of drug-likeness (QED) is 0.658. The molecule has 19 heavy (non-hydrogen) atoms. The van der Waals surface area contributed by atoms with Crippen molar-refractivity contribution in [2.45, 2.75) is 64.3 Å². The van der Waals surface area contributed by atoms with Crippen LogP contribution in [0.1, 0.15) is 52.9 Å². The number of carbonyl (C=O) groups is 1. The predicted molar refractivity (Wildman–Crippen MR) is 72.5 cm³/mol. The van der Waals surface area contributed by atoms with E-state index in [1.807, 2.05) is 20.8 Å². The van der Waals surface area contributed by atoms with Crippen LogP contribution in [0, 0.1) is 5.41 Å². The van der Waals surface area contributed by atoms with Gasteiger partial charge in [-0.15, -0.1) is 11.8 Å². The second-order valence-electron chi connectivity index (χ2n) is 5.73. The first-order valence-corrected chi connectivity index (χ1v) is 7.50. The Kier molecular flexibility index (Phi) is 7.86. The molecule has 1 atom stereocenters. The molecular formula is C13H23F3O2S. The molecule has 0 aromatic rings. The molecule has 0 radical (unpaired) electrons. The molecule has 0 aliphatic carbocycles. The van der Waals surface area contributed by atoms with Crippen molar-refractivity contribution in [2.75, 3.05) is 5.75 Å². The number of rotatable bonds is 8. The van der Waals surface area contributed by atoms with Crippen molar-refractivity contribution in [3.8, 4) is 0 Å². The summed E-state index contributed by atoms with van der Waals surface area (Å²) in [6.07, 6.45) is -2.58. The summed E-state index contributed by atoms with van der Waals surface area (Å²) in [6, 6.07) is 0. The summed E-state index contributed by atoms with van der Waals surface area (Å²) in [4.78, 5) is 11.1. The summed E-state index contributed by atoms with van der Waals surface area (Å²) in [5.74, 6) is -0.144. The number of alkyl halides is 3. The van der Waals surface area contributed by atoms with Gasteiger partial charge in [0.1, 0.15) is 5.25 Å². The van der Waals surface area contributed by atoms with Crippen molar-refractivity contribution in [3.63, 3.8) is 0 Å². The minimum atomic E-state index is -4.06. The van der Waals surface area contributed by atoms with E-state index in [1.54, 1.807) is 0 Å². The molecule has 0 aromatic carbocycles. The van der Waals surface area contributed by atoms with Gasteiger partial charge in [-0.1, -0.05) is 33.6 Å².